The van der Waals surface area contributed by atoms with Crippen LogP contribution < -0.4 is 5.32 Å². The number of aryl methyl sites for hydroxylation is 2. The summed E-state index contributed by atoms with van der Waals surface area (Å²) in [7, 11) is 0. The summed E-state index contributed by atoms with van der Waals surface area (Å²) in [5.74, 6) is 0.0369. The zero-order chi connectivity index (χ0) is 12.0. The maximum absolute atomic E-state index is 11.8. The van der Waals surface area contributed by atoms with E-state index < -0.39 is 0 Å². The zero-order valence-corrected chi connectivity index (χ0v) is 9.95. The Kier molecular flexibility index (Phi) is 2.08. The molecule has 0 aliphatic carbocycles. The first-order valence-corrected chi connectivity index (χ1v) is 5.72. The van der Waals surface area contributed by atoms with E-state index in [1.807, 2.05) is 19.9 Å². The van der Waals surface area contributed by atoms with Crippen LogP contribution in [0.3, 0.4) is 0 Å². The van der Waals surface area contributed by atoms with E-state index in [0.717, 1.165) is 28.2 Å². The molecular formula is C14H14N2O. The number of hydrogen-bond acceptors (Lipinski definition) is 1. The highest BCUT2D eigenvalue weighted by molar-refractivity contribution is 5.97. The summed E-state index contributed by atoms with van der Waals surface area (Å²) in [4.78, 5) is 11.8. The third-order valence-electron chi connectivity index (χ3n) is 3.23. The zero-order valence-electron chi connectivity index (χ0n) is 9.95. The molecule has 1 aromatic carbocycles. The van der Waals surface area contributed by atoms with E-state index in [-0.39, 0.29) is 5.91 Å². The van der Waals surface area contributed by atoms with Gasteiger partial charge in [0.25, 0.3) is 0 Å². The second-order valence-electron chi connectivity index (χ2n) is 4.54. The third kappa shape index (κ3) is 1.55. The first-order valence-electron chi connectivity index (χ1n) is 5.72. The molecule has 2 heterocycles. The summed E-state index contributed by atoms with van der Waals surface area (Å²) in [5, 5.41) is 2.96. The Hall–Kier alpha value is -2.03. The van der Waals surface area contributed by atoms with Crippen LogP contribution in [0.15, 0.2) is 30.3 Å². The van der Waals surface area contributed by atoms with E-state index in [0.29, 0.717) is 6.54 Å². The first-order chi connectivity index (χ1) is 8.15. The molecule has 1 amide bonds. The average molecular weight is 226 g/mol. The molecular weight excluding hydrogens is 212 g/mol. The van der Waals surface area contributed by atoms with Gasteiger partial charge in [0.1, 0.15) is 6.54 Å². The number of carbonyl (C=O) groups excluding carboxylic acids is 1. The molecule has 3 nitrogen and oxygen atoms in total. The van der Waals surface area contributed by atoms with Gasteiger partial charge in [-0.15, -0.1) is 0 Å². The Morgan fingerprint density at radius 3 is 2.82 bits per heavy atom. The quantitative estimate of drug-likeness (QED) is 0.736. The number of anilines is 1. The van der Waals surface area contributed by atoms with E-state index in [9.17, 15) is 4.79 Å². The van der Waals surface area contributed by atoms with Crippen molar-refractivity contribution in [1.29, 1.82) is 0 Å². The fourth-order valence-corrected chi connectivity index (χ4v) is 2.33. The Morgan fingerprint density at radius 1 is 1.18 bits per heavy atom. The molecule has 86 valence electrons. The minimum absolute atomic E-state index is 0.0369. The van der Waals surface area contributed by atoms with Gasteiger partial charge in [0.15, 0.2) is 0 Å². The number of hydrogen-bond donors (Lipinski definition) is 1. The second kappa shape index (κ2) is 3.48. The van der Waals surface area contributed by atoms with Crippen LogP contribution in [0.1, 0.15) is 11.3 Å². The maximum atomic E-state index is 11.8. The standard InChI is InChI=1S/C14H14N2O/c1-9-3-5-11-12(7-9)15-14(17)8-16-10(2)4-6-13(11)16/h3-7H,8H2,1-2H3,(H,15,17). The lowest BCUT2D eigenvalue weighted by Crippen LogP contribution is -2.17. The summed E-state index contributed by atoms with van der Waals surface area (Å²) in [5.41, 5.74) is 5.38. The van der Waals surface area contributed by atoms with Gasteiger partial charge < -0.3 is 9.88 Å². The van der Waals surface area contributed by atoms with Gasteiger partial charge in [-0.25, -0.2) is 0 Å². The minimum atomic E-state index is 0.0369. The number of aromatic nitrogens is 1. The summed E-state index contributed by atoms with van der Waals surface area (Å²) in [6.45, 7) is 4.44. The molecule has 0 radical (unpaired) electrons. The third-order valence-corrected chi connectivity index (χ3v) is 3.23. The molecule has 0 saturated carbocycles. The molecule has 1 N–H and O–H groups in total. The monoisotopic (exact) mass is 226 g/mol. The van der Waals surface area contributed by atoms with Gasteiger partial charge >= 0.3 is 0 Å². The van der Waals surface area contributed by atoms with Crippen LogP contribution in [-0.2, 0) is 11.3 Å². The van der Waals surface area contributed by atoms with Crippen molar-refractivity contribution < 1.29 is 4.79 Å². The molecule has 0 spiro atoms. The predicted molar refractivity (Wildman–Crippen MR) is 68.0 cm³/mol. The van der Waals surface area contributed by atoms with Crippen LogP contribution in [0.4, 0.5) is 5.69 Å². The Balaban J connectivity index is 2.29. The number of fused-ring (bicyclic) bond motifs is 3. The molecule has 0 bridgehead atoms. The lowest BCUT2D eigenvalue weighted by molar-refractivity contribution is -0.116. The number of nitrogens with zero attached hydrogens (tertiary/aromatic N) is 1. The van der Waals surface area contributed by atoms with Gasteiger partial charge in [0.2, 0.25) is 5.91 Å². The topological polar surface area (TPSA) is 34.0 Å². The lowest BCUT2D eigenvalue weighted by atomic mass is 10.1. The normalized spacial score (nSPS) is 13.6. The summed E-state index contributed by atoms with van der Waals surface area (Å²) >= 11 is 0. The molecule has 17 heavy (non-hydrogen) atoms. The Morgan fingerprint density at radius 2 is 2.00 bits per heavy atom. The molecule has 0 saturated heterocycles. The number of nitrogens with one attached hydrogen (secondary N) is 1. The van der Waals surface area contributed by atoms with Gasteiger partial charge in [0, 0.05) is 11.3 Å². The van der Waals surface area contributed by atoms with Crippen molar-refractivity contribution in [2.75, 3.05) is 5.32 Å². The number of carbonyl (C=O) groups is 1. The summed E-state index contributed by atoms with van der Waals surface area (Å²) in [6, 6.07) is 10.3. The SMILES string of the molecule is Cc1ccc2c(c1)NC(=O)Cn1c(C)ccc1-2. The van der Waals surface area contributed by atoms with Crippen molar-refractivity contribution in [2.45, 2.75) is 20.4 Å². The van der Waals surface area contributed by atoms with Gasteiger partial charge in [-0.05, 0) is 37.6 Å². The number of benzene rings is 1. The van der Waals surface area contributed by atoms with Gasteiger partial charge in [0.05, 0.1) is 11.4 Å². The van der Waals surface area contributed by atoms with Crippen LogP contribution in [0, 0.1) is 13.8 Å². The van der Waals surface area contributed by atoms with Crippen LogP contribution in [-0.4, -0.2) is 10.5 Å². The Labute approximate surface area is 100 Å². The highest BCUT2D eigenvalue weighted by atomic mass is 16.2. The van der Waals surface area contributed by atoms with Gasteiger partial charge in [-0.3, -0.25) is 4.79 Å². The van der Waals surface area contributed by atoms with E-state index in [2.05, 4.69) is 34.1 Å². The molecule has 0 unspecified atom stereocenters. The summed E-state index contributed by atoms with van der Waals surface area (Å²) in [6.07, 6.45) is 0. The van der Waals surface area contributed by atoms with E-state index in [1.165, 1.54) is 0 Å². The van der Waals surface area contributed by atoms with E-state index in [1.54, 1.807) is 0 Å². The van der Waals surface area contributed by atoms with Gasteiger partial charge in [-0.1, -0.05) is 12.1 Å². The van der Waals surface area contributed by atoms with Crippen molar-refractivity contribution in [3.8, 4) is 11.3 Å². The first kappa shape index (κ1) is 10.1. The van der Waals surface area contributed by atoms with Crippen LogP contribution in [0.5, 0.6) is 0 Å². The van der Waals surface area contributed by atoms with Crippen molar-refractivity contribution in [3.05, 3.63) is 41.6 Å². The van der Waals surface area contributed by atoms with Crippen molar-refractivity contribution >= 4 is 11.6 Å². The molecule has 3 heteroatoms. The largest absolute Gasteiger partial charge is 0.335 e. The second-order valence-corrected chi connectivity index (χ2v) is 4.54. The fourth-order valence-electron chi connectivity index (χ4n) is 2.33. The van der Waals surface area contributed by atoms with Crippen LogP contribution in [0.25, 0.3) is 11.3 Å². The number of rotatable bonds is 0. The predicted octanol–water partition coefficient (Wildman–Crippen LogP) is 2.72. The minimum Gasteiger partial charge on any atom is -0.335 e. The van der Waals surface area contributed by atoms with Crippen LogP contribution in [0.2, 0.25) is 0 Å². The average Bonchev–Trinajstić information content (AvgIpc) is 2.56. The smallest absolute Gasteiger partial charge is 0.244 e. The molecule has 1 aromatic heterocycles. The van der Waals surface area contributed by atoms with E-state index in [4.69, 9.17) is 0 Å². The van der Waals surface area contributed by atoms with Crippen molar-refractivity contribution in [3.63, 3.8) is 0 Å². The molecule has 2 aromatic rings. The molecule has 3 rings (SSSR count). The molecule has 1 aliphatic rings. The Bertz CT molecular complexity index is 611. The highest BCUT2D eigenvalue weighted by Gasteiger charge is 2.19. The summed E-state index contributed by atoms with van der Waals surface area (Å²) < 4.78 is 2.05. The van der Waals surface area contributed by atoms with Crippen molar-refractivity contribution in [2.24, 2.45) is 0 Å². The van der Waals surface area contributed by atoms with E-state index >= 15 is 0 Å². The number of amides is 1. The molecule has 0 atom stereocenters. The molecule has 1 aliphatic heterocycles. The van der Waals surface area contributed by atoms with Crippen LogP contribution >= 0.6 is 0 Å². The van der Waals surface area contributed by atoms with Crippen molar-refractivity contribution in [1.82, 2.24) is 4.57 Å². The highest BCUT2D eigenvalue weighted by Crippen LogP contribution is 2.32. The molecule has 0 fully saturated rings. The lowest BCUT2D eigenvalue weighted by Gasteiger charge is -2.08. The maximum Gasteiger partial charge on any atom is 0.244 e. The van der Waals surface area contributed by atoms with Gasteiger partial charge in [-0.2, -0.15) is 0 Å². The fraction of sp³-hybridized carbons (Fsp3) is 0.214.